The standard InChI is InChI=1S/C22H24N4O4/c1-14-8-15(2)10-18(9-14)24-20(27)13-30-19-5-3-4-16(11-19)12-23-26-22(29)21(28)25-17-6-7-17/h3-5,8-12,17H,6-7,13H2,1-2H3,(H,24,27)(H,25,28)(H,26,29)/b23-12-. The Labute approximate surface area is 174 Å². The van der Waals surface area contributed by atoms with Crippen molar-refractivity contribution in [1.29, 1.82) is 0 Å². The van der Waals surface area contributed by atoms with Gasteiger partial charge in [0.1, 0.15) is 5.75 Å². The number of nitrogens with zero attached hydrogens (tertiary/aromatic N) is 1. The first kappa shape index (κ1) is 21.0. The second-order valence-corrected chi connectivity index (χ2v) is 7.23. The van der Waals surface area contributed by atoms with Crippen LogP contribution in [0.25, 0.3) is 0 Å². The molecule has 0 aromatic heterocycles. The second-order valence-electron chi connectivity index (χ2n) is 7.23. The number of carbonyl (C=O) groups excluding carboxylic acids is 3. The van der Waals surface area contributed by atoms with Gasteiger partial charge in [0.05, 0.1) is 6.21 Å². The fraction of sp³-hybridized carbons (Fsp3) is 0.273. The summed E-state index contributed by atoms with van der Waals surface area (Å²) in [6, 6.07) is 12.8. The number of hydrogen-bond acceptors (Lipinski definition) is 5. The van der Waals surface area contributed by atoms with Gasteiger partial charge in [-0.3, -0.25) is 14.4 Å². The van der Waals surface area contributed by atoms with Crippen LogP contribution in [0, 0.1) is 13.8 Å². The van der Waals surface area contributed by atoms with Crippen molar-refractivity contribution in [3.8, 4) is 5.75 Å². The van der Waals surface area contributed by atoms with Gasteiger partial charge in [0.25, 0.3) is 5.91 Å². The summed E-state index contributed by atoms with van der Waals surface area (Å²) >= 11 is 0. The van der Waals surface area contributed by atoms with Crippen LogP contribution in [0.2, 0.25) is 0 Å². The Hall–Kier alpha value is -3.68. The molecule has 3 amide bonds. The highest BCUT2D eigenvalue weighted by Crippen LogP contribution is 2.18. The molecule has 0 unspecified atom stereocenters. The predicted molar refractivity (Wildman–Crippen MR) is 113 cm³/mol. The highest BCUT2D eigenvalue weighted by atomic mass is 16.5. The van der Waals surface area contributed by atoms with E-state index in [1.54, 1.807) is 24.3 Å². The summed E-state index contributed by atoms with van der Waals surface area (Å²) in [6.07, 6.45) is 3.19. The highest BCUT2D eigenvalue weighted by Gasteiger charge is 2.26. The fourth-order valence-corrected chi connectivity index (χ4v) is 2.77. The molecule has 1 fully saturated rings. The highest BCUT2D eigenvalue weighted by molar-refractivity contribution is 6.35. The normalized spacial score (nSPS) is 13.0. The third kappa shape index (κ3) is 6.73. The van der Waals surface area contributed by atoms with Crippen LogP contribution in [-0.2, 0) is 14.4 Å². The number of amides is 3. The SMILES string of the molecule is Cc1cc(C)cc(NC(=O)COc2cccc(/C=N\NC(=O)C(=O)NC3CC3)c2)c1. The maximum atomic E-state index is 12.1. The van der Waals surface area contributed by atoms with Crippen molar-refractivity contribution in [2.24, 2.45) is 5.10 Å². The number of ether oxygens (including phenoxy) is 1. The number of nitrogens with one attached hydrogen (secondary N) is 3. The Morgan fingerprint density at radius 2 is 1.80 bits per heavy atom. The van der Waals surface area contributed by atoms with Crippen LogP contribution < -0.4 is 20.8 Å². The number of rotatable bonds is 7. The molecule has 0 bridgehead atoms. The maximum Gasteiger partial charge on any atom is 0.329 e. The zero-order chi connectivity index (χ0) is 21.5. The first-order valence-electron chi connectivity index (χ1n) is 9.64. The fourth-order valence-electron chi connectivity index (χ4n) is 2.77. The molecule has 8 heteroatoms. The van der Waals surface area contributed by atoms with Gasteiger partial charge in [-0.05, 0) is 67.6 Å². The van der Waals surface area contributed by atoms with E-state index >= 15 is 0 Å². The van der Waals surface area contributed by atoms with Crippen LogP contribution in [0.1, 0.15) is 29.5 Å². The number of aryl methyl sites for hydroxylation is 2. The lowest BCUT2D eigenvalue weighted by atomic mass is 10.1. The van der Waals surface area contributed by atoms with E-state index in [4.69, 9.17) is 4.74 Å². The average Bonchev–Trinajstić information content (AvgIpc) is 3.50. The van der Waals surface area contributed by atoms with Crippen molar-refractivity contribution < 1.29 is 19.1 Å². The quantitative estimate of drug-likeness (QED) is 0.370. The smallest absolute Gasteiger partial charge is 0.329 e. The molecule has 0 heterocycles. The van der Waals surface area contributed by atoms with Crippen molar-refractivity contribution in [1.82, 2.24) is 10.7 Å². The molecule has 3 N–H and O–H groups in total. The number of carbonyl (C=O) groups is 3. The zero-order valence-electron chi connectivity index (χ0n) is 16.9. The third-order valence-corrected chi connectivity index (χ3v) is 4.23. The van der Waals surface area contributed by atoms with Gasteiger partial charge >= 0.3 is 11.8 Å². The molecule has 0 saturated heterocycles. The number of hydrogen-bond donors (Lipinski definition) is 3. The molecule has 156 valence electrons. The Kier molecular flexibility index (Phi) is 6.79. The van der Waals surface area contributed by atoms with Crippen molar-refractivity contribution in [3.63, 3.8) is 0 Å². The van der Waals surface area contributed by atoms with Gasteiger partial charge in [-0.15, -0.1) is 0 Å². The lowest BCUT2D eigenvalue weighted by molar-refractivity contribution is -0.139. The minimum Gasteiger partial charge on any atom is -0.484 e. The number of benzene rings is 2. The molecule has 1 aliphatic rings. The van der Waals surface area contributed by atoms with Gasteiger partial charge in [0.15, 0.2) is 6.61 Å². The van der Waals surface area contributed by atoms with Gasteiger partial charge in [-0.25, -0.2) is 5.43 Å². The first-order chi connectivity index (χ1) is 14.4. The summed E-state index contributed by atoms with van der Waals surface area (Å²) in [5.41, 5.74) is 5.68. The largest absolute Gasteiger partial charge is 0.484 e. The molecule has 2 aromatic carbocycles. The van der Waals surface area contributed by atoms with Crippen LogP contribution >= 0.6 is 0 Å². The van der Waals surface area contributed by atoms with Crippen LogP contribution in [0.4, 0.5) is 5.69 Å². The summed E-state index contributed by atoms with van der Waals surface area (Å²) in [5, 5.41) is 9.17. The van der Waals surface area contributed by atoms with Crippen molar-refractivity contribution in [2.45, 2.75) is 32.7 Å². The van der Waals surface area contributed by atoms with Crippen LogP contribution in [0.5, 0.6) is 5.75 Å². The predicted octanol–water partition coefficient (Wildman–Crippen LogP) is 2.05. The monoisotopic (exact) mass is 408 g/mol. The zero-order valence-corrected chi connectivity index (χ0v) is 16.9. The summed E-state index contributed by atoms with van der Waals surface area (Å²) in [4.78, 5) is 35.3. The summed E-state index contributed by atoms with van der Waals surface area (Å²) in [5.74, 6) is -1.30. The average molecular weight is 408 g/mol. The van der Waals surface area contributed by atoms with E-state index in [9.17, 15) is 14.4 Å². The van der Waals surface area contributed by atoms with Gasteiger partial charge in [0.2, 0.25) is 0 Å². The molecule has 30 heavy (non-hydrogen) atoms. The van der Waals surface area contributed by atoms with Gasteiger partial charge < -0.3 is 15.4 Å². The molecule has 0 radical (unpaired) electrons. The Bertz CT molecular complexity index is 963. The minimum absolute atomic E-state index is 0.105. The van der Waals surface area contributed by atoms with E-state index in [1.807, 2.05) is 32.0 Å². The molecule has 0 atom stereocenters. The Balaban J connectivity index is 1.47. The summed E-state index contributed by atoms with van der Waals surface area (Å²) < 4.78 is 5.53. The Morgan fingerprint density at radius 1 is 1.07 bits per heavy atom. The number of hydrazone groups is 1. The van der Waals surface area contributed by atoms with E-state index in [-0.39, 0.29) is 18.6 Å². The molecule has 8 nitrogen and oxygen atoms in total. The van der Waals surface area contributed by atoms with Gasteiger partial charge in [-0.1, -0.05) is 18.2 Å². The molecule has 3 rings (SSSR count). The van der Waals surface area contributed by atoms with Gasteiger partial charge in [-0.2, -0.15) is 5.10 Å². The first-order valence-corrected chi connectivity index (χ1v) is 9.64. The van der Waals surface area contributed by atoms with Crippen molar-refractivity contribution >= 4 is 29.6 Å². The Morgan fingerprint density at radius 3 is 2.50 bits per heavy atom. The molecule has 1 saturated carbocycles. The van der Waals surface area contributed by atoms with E-state index in [1.165, 1.54) is 6.21 Å². The molecular weight excluding hydrogens is 384 g/mol. The molecule has 0 spiro atoms. The molecule has 2 aromatic rings. The van der Waals surface area contributed by atoms with E-state index in [0.717, 1.165) is 29.7 Å². The molecular formula is C22H24N4O4. The van der Waals surface area contributed by atoms with Crippen LogP contribution in [0.15, 0.2) is 47.6 Å². The van der Waals surface area contributed by atoms with Crippen LogP contribution in [0.3, 0.4) is 0 Å². The second kappa shape index (κ2) is 9.69. The summed E-state index contributed by atoms with van der Waals surface area (Å²) in [6.45, 7) is 3.79. The van der Waals surface area contributed by atoms with E-state index in [0.29, 0.717) is 11.3 Å². The molecule has 0 aliphatic heterocycles. The lowest BCUT2D eigenvalue weighted by Crippen LogP contribution is -2.38. The molecule has 1 aliphatic carbocycles. The van der Waals surface area contributed by atoms with Gasteiger partial charge in [0, 0.05) is 11.7 Å². The van der Waals surface area contributed by atoms with E-state index < -0.39 is 11.8 Å². The maximum absolute atomic E-state index is 12.1. The third-order valence-electron chi connectivity index (χ3n) is 4.23. The van der Waals surface area contributed by atoms with Crippen molar-refractivity contribution in [3.05, 3.63) is 59.2 Å². The van der Waals surface area contributed by atoms with Crippen LogP contribution in [-0.4, -0.2) is 36.6 Å². The number of anilines is 1. The van der Waals surface area contributed by atoms with E-state index in [2.05, 4.69) is 21.2 Å². The topological polar surface area (TPSA) is 109 Å². The minimum atomic E-state index is -0.811. The summed E-state index contributed by atoms with van der Waals surface area (Å²) in [7, 11) is 0. The lowest BCUT2D eigenvalue weighted by Gasteiger charge is -2.09. The van der Waals surface area contributed by atoms with Crippen molar-refractivity contribution in [2.75, 3.05) is 11.9 Å².